The molecule has 1 atom stereocenters. The van der Waals surface area contributed by atoms with Crippen LogP contribution in [0.5, 0.6) is 11.5 Å². The molecule has 2 N–H and O–H groups in total. The van der Waals surface area contributed by atoms with E-state index in [4.69, 9.17) is 26.8 Å². The van der Waals surface area contributed by atoms with Crippen molar-refractivity contribution in [3.63, 3.8) is 0 Å². The molecule has 2 rings (SSSR count). The first-order chi connectivity index (χ1) is 9.10. The van der Waals surface area contributed by atoms with Crippen LogP contribution >= 0.6 is 22.9 Å². The molecule has 19 heavy (non-hydrogen) atoms. The average Bonchev–Trinajstić information content (AvgIpc) is 2.81. The Balaban J connectivity index is 2.11. The van der Waals surface area contributed by atoms with E-state index in [1.54, 1.807) is 7.11 Å². The SMILES string of the molecule is COc1cc(C(C)N)ccc1OCc1ccc(Cl)s1. The van der Waals surface area contributed by atoms with Gasteiger partial charge in [-0.1, -0.05) is 17.7 Å². The van der Waals surface area contributed by atoms with E-state index in [9.17, 15) is 0 Å². The van der Waals surface area contributed by atoms with Gasteiger partial charge in [0.05, 0.1) is 11.4 Å². The van der Waals surface area contributed by atoms with Gasteiger partial charge in [-0.3, -0.25) is 0 Å². The lowest BCUT2D eigenvalue weighted by Gasteiger charge is -2.13. The summed E-state index contributed by atoms with van der Waals surface area (Å²) < 4.78 is 11.8. The molecule has 0 fully saturated rings. The van der Waals surface area contributed by atoms with Crippen LogP contribution in [0.15, 0.2) is 30.3 Å². The molecule has 0 amide bonds. The minimum atomic E-state index is -0.0287. The van der Waals surface area contributed by atoms with Crippen molar-refractivity contribution in [2.45, 2.75) is 19.6 Å². The number of halogens is 1. The van der Waals surface area contributed by atoms with Crippen molar-refractivity contribution in [1.29, 1.82) is 0 Å². The molecule has 1 aromatic carbocycles. The van der Waals surface area contributed by atoms with Gasteiger partial charge < -0.3 is 15.2 Å². The zero-order chi connectivity index (χ0) is 13.8. The van der Waals surface area contributed by atoms with Crippen LogP contribution in [0.2, 0.25) is 4.34 Å². The molecule has 5 heteroatoms. The Morgan fingerprint density at radius 1 is 1.26 bits per heavy atom. The fourth-order valence-electron chi connectivity index (χ4n) is 1.66. The first-order valence-electron chi connectivity index (χ1n) is 5.90. The van der Waals surface area contributed by atoms with Gasteiger partial charge in [-0.2, -0.15) is 0 Å². The smallest absolute Gasteiger partial charge is 0.161 e. The minimum absolute atomic E-state index is 0.0287. The Labute approximate surface area is 121 Å². The molecular formula is C14H16ClNO2S. The molecule has 0 saturated carbocycles. The minimum Gasteiger partial charge on any atom is -0.493 e. The van der Waals surface area contributed by atoms with Crippen molar-refractivity contribution in [1.82, 2.24) is 0 Å². The van der Waals surface area contributed by atoms with Crippen LogP contribution in [0, 0.1) is 0 Å². The molecule has 0 bridgehead atoms. The van der Waals surface area contributed by atoms with E-state index < -0.39 is 0 Å². The molecule has 1 aromatic heterocycles. The standard InChI is InChI=1S/C14H16ClNO2S/c1-9(16)10-3-5-12(13(7-10)17-2)18-8-11-4-6-14(15)19-11/h3-7,9H,8,16H2,1-2H3. The molecule has 2 aromatic rings. The van der Waals surface area contributed by atoms with Crippen LogP contribution in [0.4, 0.5) is 0 Å². The lowest BCUT2D eigenvalue weighted by Crippen LogP contribution is -2.05. The number of hydrogen-bond acceptors (Lipinski definition) is 4. The summed E-state index contributed by atoms with van der Waals surface area (Å²) in [5, 5.41) is 0. The van der Waals surface area contributed by atoms with E-state index in [1.165, 1.54) is 11.3 Å². The van der Waals surface area contributed by atoms with Crippen molar-refractivity contribution in [2.24, 2.45) is 5.73 Å². The number of thiophene rings is 1. The third kappa shape index (κ3) is 3.62. The monoisotopic (exact) mass is 297 g/mol. The number of ether oxygens (including phenoxy) is 2. The summed E-state index contributed by atoms with van der Waals surface area (Å²) in [6.45, 7) is 2.41. The second kappa shape index (κ2) is 6.28. The van der Waals surface area contributed by atoms with Crippen molar-refractivity contribution in [3.8, 4) is 11.5 Å². The molecule has 0 aliphatic heterocycles. The van der Waals surface area contributed by atoms with Crippen LogP contribution in [0.25, 0.3) is 0 Å². The molecule has 1 unspecified atom stereocenters. The summed E-state index contributed by atoms with van der Waals surface area (Å²) in [7, 11) is 1.62. The lowest BCUT2D eigenvalue weighted by atomic mass is 10.1. The molecule has 102 valence electrons. The summed E-state index contributed by atoms with van der Waals surface area (Å²) in [5.41, 5.74) is 6.86. The van der Waals surface area contributed by atoms with Gasteiger partial charge >= 0.3 is 0 Å². The molecule has 0 spiro atoms. The maximum Gasteiger partial charge on any atom is 0.161 e. The van der Waals surface area contributed by atoms with Gasteiger partial charge in [0.2, 0.25) is 0 Å². The molecule has 3 nitrogen and oxygen atoms in total. The van der Waals surface area contributed by atoms with E-state index in [2.05, 4.69) is 0 Å². The van der Waals surface area contributed by atoms with Crippen LogP contribution in [0.1, 0.15) is 23.4 Å². The fourth-order valence-corrected chi connectivity index (χ4v) is 2.67. The van der Waals surface area contributed by atoms with Crippen LogP contribution in [0.3, 0.4) is 0 Å². The van der Waals surface area contributed by atoms with Crippen molar-refractivity contribution in [3.05, 3.63) is 45.1 Å². The van der Waals surface area contributed by atoms with Gasteiger partial charge in [-0.15, -0.1) is 11.3 Å². The lowest BCUT2D eigenvalue weighted by molar-refractivity contribution is 0.287. The van der Waals surface area contributed by atoms with Gasteiger partial charge in [0.1, 0.15) is 6.61 Å². The highest BCUT2D eigenvalue weighted by atomic mass is 35.5. The molecule has 0 radical (unpaired) electrons. The third-order valence-electron chi connectivity index (χ3n) is 2.71. The molecule has 0 aliphatic rings. The highest BCUT2D eigenvalue weighted by molar-refractivity contribution is 7.16. The fraction of sp³-hybridized carbons (Fsp3) is 0.286. The van der Waals surface area contributed by atoms with Crippen LogP contribution in [-0.4, -0.2) is 7.11 Å². The van der Waals surface area contributed by atoms with E-state index in [0.29, 0.717) is 18.1 Å². The first kappa shape index (κ1) is 14.2. The van der Waals surface area contributed by atoms with E-state index in [-0.39, 0.29) is 6.04 Å². The molecule has 0 aliphatic carbocycles. The van der Waals surface area contributed by atoms with E-state index in [1.807, 2.05) is 37.3 Å². The topological polar surface area (TPSA) is 44.5 Å². The summed E-state index contributed by atoms with van der Waals surface area (Å²) >= 11 is 7.39. The number of hydrogen-bond donors (Lipinski definition) is 1. The second-order valence-electron chi connectivity index (χ2n) is 4.19. The average molecular weight is 298 g/mol. The number of rotatable bonds is 5. The summed E-state index contributed by atoms with van der Waals surface area (Å²) in [4.78, 5) is 1.07. The molecule has 0 saturated heterocycles. The summed E-state index contributed by atoms with van der Waals surface area (Å²) in [5.74, 6) is 1.40. The summed E-state index contributed by atoms with van der Waals surface area (Å²) in [6.07, 6.45) is 0. The quantitative estimate of drug-likeness (QED) is 0.907. The Hall–Kier alpha value is -1.23. The van der Waals surface area contributed by atoms with Gasteiger partial charge in [-0.25, -0.2) is 0 Å². The van der Waals surface area contributed by atoms with Crippen LogP contribution < -0.4 is 15.2 Å². The van der Waals surface area contributed by atoms with E-state index >= 15 is 0 Å². The van der Waals surface area contributed by atoms with Crippen LogP contribution in [-0.2, 0) is 6.61 Å². The van der Waals surface area contributed by atoms with E-state index in [0.717, 1.165) is 14.8 Å². The normalized spacial score (nSPS) is 12.2. The predicted molar refractivity (Wildman–Crippen MR) is 79.3 cm³/mol. The Morgan fingerprint density at radius 2 is 2.05 bits per heavy atom. The largest absolute Gasteiger partial charge is 0.493 e. The van der Waals surface area contributed by atoms with Crippen molar-refractivity contribution in [2.75, 3.05) is 7.11 Å². The number of methoxy groups -OCH3 is 1. The second-order valence-corrected chi connectivity index (χ2v) is 5.99. The molecular weight excluding hydrogens is 282 g/mol. The maximum absolute atomic E-state index is 5.88. The third-order valence-corrected chi connectivity index (χ3v) is 3.92. The Kier molecular flexibility index (Phi) is 4.69. The van der Waals surface area contributed by atoms with Gasteiger partial charge in [0.15, 0.2) is 11.5 Å². The zero-order valence-electron chi connectivity index (χ0n) is 10.9. The van der Waals surface area contributed by atoms with Gasteiger partial charge in [-0.05, 0) is 36.8 Å². The predicted octanol–water partition coefficient (Wildman–Crippen LogP) is 4.01. The first-order valence-corrected chi connectivity index (χ1v) is 7.10. The number of benzene rings is 1. The molecule has 1 heterocycles. The van der Waals surface area contributed by atoms with Gasteiger partial charge in [0.25, 0.3) is 0 Å². The highest BCUT2D eigenvalue weighted by Gasteiger charge is 2.09. The Morgan fingerprint density at radius 3 is 2.63 bits per heavy atom. The number of nitrogens with two attached hydrogens (primary N) is 1. The Bertz CT molecular complexity index is 554. The maximum atomic E-state index is 5.88. The van der Waals surface area contributed by atoms with Crippen molar-refractivity contribution < 1.29 is 9.47 Å². The summed E-state index contributed by atoms with van der Waals surface area (Å²) in [6, 6.07) is 9.52. The highest BCUT2D eigenvalue weighted by Crippen LogP contribution is 2.31. The zero-order valence-corrected chi connectivity index (χ0v) is 12.4. The van der Waals surface area contributed by atoms with Gasteiger partial charge in [0, 0.05) is 10.9 Å². The van der Waals surface area contributed by atoms with Crippen molar-refractivity contribution >= 4 is 22.9 Å².